The first-order valence-corrected chi connectivity index (χ1v) is 9.46. The molecule has 3 aromatic rings. The van der Waals surface area contributed by atoms with E-state index in [4.69, 9.17) is 0 Å². The maximum absolute atomic E-state index is 12.2. The van der Waals surface area contributed by atoms with Crippen molar-refractivity contribution in [2.24, 2.45) is 0 Å². The zero-order valence-electron chi connectivity index (χ0n) is 12.8. The third kappa shape index (κ3) is 3.45. The lowest BCUT2D eigenvalue weighted by Crippen LogP contribution is -2.23. The van der Waals surface area contributed by atoms with Crippen molar-refractivity contribution in [2.45, 2.75) is 10.8 Å². The van der Waals surface area contributed by atoms with Gasteiger partial charge in [-0.25, -0.2) is 18.1 Å². The largest absolute Gasteiger partial charge is 0.346 e. The van der Waals surface area contributed by atoms with Gasteiger partial charge in [0.1, 0.15) is 9.90 Å². The Bertz CT molecular complexity index is 996. The third-order valence-corrected chi connectivity index (χ3v) is 6.42. The number of pyridine rings is 1. The molecule has 24 heavy (non-hydrogen) atoms. The molecule has 8 heteroatoms. The van der Waals surface area contributed by atoms with Gasteiger partial charge in [-0.3, -0.25) is 4.79 Å². The highest BCUT2D eigenvalue weighted by molar-refractivity contribution is 7.91. The van der Waals surface area contributed by atoms with E-state index in [1.165, 1.54) is 13.1 Å². The molecule has 2 heterocycles. The smallest absolute Gasteiger partial charge is 0.270 e. The molecule has 3 rings (SSSR count). The van der Waals surface area contributed by atoms with E-state index in [0.717, 1.165) is 27.1 Å². The molecule has 0 aliphatic carbocycles. The van der Waals surface area contributed by atoms with Crippen LogP contribution in [0.5, 0.6) is 0 Å². The number of aromatic nitrogens is 1. The second-order valence-corrected chi connectivity index (χ2v) is 8.28. The lowest BCUT2D eigenvalue weighted by atomic mass is 10.2. The topological polar surface area (TPSA) is 88.2 Å². The highest BCUT2D eigenvalue weighted by atomic mass is 32.2. The Morgan fingerprint density at radius 2 is 1.92 bits per heavy atom. The Morgan fingerprint density at radius 1 is 1.12 bits per heavy atom. The Morgan fingerprint density at radius 3 is 2.71 bits per heavy atom. The predicted octanol–water partition coefficient (Wildman–Crippen LogP) is 2.13. The molecule has 0 bridgehead atoms. The van der Waals surface area contributed by atoms with Gasteiger partial charge in [-0.1, -0.05) is 24.3 Å². The minimum Gasteiger partial charge on any atom is -0.346 e. The van der Waals surface area contributed by atoms with Crippen LogP contribution >= 0.6 is 11.3 Å². The summed E-state index contributed by atoms with van der Waals surface area (Å²) in [7, 11) is -2.09. The van der Waals surface area contributed by atoms with E-state index in [9.17, 15) is 13.2 Å². The number of benzene rings is 1. The highest BCUT2D eigenvalue weighted by Gasteiger charge is 2.15. The van der Waals surface area contributed by atoms with Crippen LogP contribution in [-0.4, -0.2) is 26.4 Å². The van der Waals surface area contributed by atoms with E-state index < -0.39 is 10.0 Å². The van der Waals surface area contributed by atoms with Gasteiger partial charge in [0.15, 0.2) is 0 Å². The highest BCUT2D eigenvalue weighted by Crippen LogP contribution is 2.21. The van der Waals surface area contributed by atoms with Crippen LogP contribution in [-0.2, 0) is 16.6 Å². The second-order valence-electron chi connectivity index (χ2n) is 5.00. The SMILES string of the molecule is CNS(=O)(=O)c1ccc(CNC(=O)c2ccc3ccccc3n2)s1. The van der Waals surface area contributed by atoms with Gasteiger partial charge in [-0.05, 0) is 31.3 Å². The van der Waals surface area contributed by atoms with Crippen LogP contribution in [0.25, 0.3) is 10.9 Å². The molecule has 0 aliphatic rings. The van der Waals surface area contributed by atoms with Crippen LogP contribution in [0, 0.1) is 0 Å². The van der Waals surface area contributed by atoms with Crippen molar-refractivity contribution >= 4 is 38.2 Å². The summed E-state index contributed by atoms with van der Waals surface area (Å²) in [5, 5.41) is 3.72. The standard InChI is InChI=1S/C16H15N3O3S2/c1-17-24(21,22)15-9-7-12(23-15)10-18-16(20)14-8-6-11-4-2-3-5-13(11)19-14/h2-9,17H,10H2,1H3,(H,18,20). The molecule has 0 unspecified atom stereocenters. The second kappa shape index (κ2) is 6.68. The molecule has 0 radical (unpaired) electrons. The van der Waals surface area contributed by atoms with E-state index in [1.807, 2.05) is 30.3 Å². The molecule has 0 atom stereocenters. The number of rotatable bonds is 5. The number of carbonyl (C=O) groups is 1. The Balaban J connectivity index is 1.71. The fraction of sp³-hybridized carbons (Fsp3) is 0.125. The molecule has 0 saturated carbocycles. The van der Waals surface area contributed by atoms with Gasteiger partial charge in [0.05, 0.1) is 12.1 Å². The first kappa shape index (κ1) is 16.6. The van der Waals surface area contributed by atoms with Crippen LogP contribution in [0.1, 0.15) is 15.4 Å². The van der Waals surface area contributed by atoms with Gasteiger partial charge < -0.3 is 5.32 Å². The maximum Gasteiger partial charge on any atom is 0.270 e. The van der Waals surface area contributed by atoms with Crippen LogP contribution < -0.4 is 10.0 Å². The summed E-state index contributed by atoms with van der Waals surface area (Å²) in [6, 6.07) is 14.3. The number of sulfonamides is 1. The number of hydrogen-bond donors (Lipinski definition) is 2. The zero-order chi connectivity index (χ0) is 17.2. The normalized spacial score (nSPS) is 11.5. The monoisotopic (exact) mass is 361 g/mol. The number of thiophene rings is 1. The Kier molecular flexibility index (Phi) is 4.61. The lowest BCUT2D eigenvalue weighted by Gasteiger charge is -2.04. The number of para-hydroxylation sites is 1. The van der Waals surface area contributed by atoms with Crippen molar-refractivity contribution in [2.75, 3.05) is 7.05 Å². The maximum atomic E-state index is 12.2. The molecule has 0 saturated heterocycles. The first-order chi connectivity index (χ1) is 11.5. The van der Waals surface area contributed by atoms with Crippen LogP contribution in [0.15, 0.2) is 52.7 Å². The summed E-state index contributed by atoms with van der Waals surface area (Å²) in [5.41, 5.74) is 1.08. The van der Waals surface area contributed by atoms with Gasteiger partial charge in [0, 0.05) is 10.3 Å². The summed E-state index contributed by atoms with van der Waals surface area (Å²) in [6.07, 6.45) is 0. The van der Waals surface area contributed by atoms with Crippen LogP contribution in [0.4, 0.5) is 0 Å². The summed E-state index contributed by atoms with van der Waals surface area (Å²) in [5.74, 6) is -0.299. The van der Waals surface area contributed by atoms with Gasteiger partial charge >= 0.3 is 0 Å². The van der Waals surface area contributed by atoms with Gasteiger partial charge in [-0.15, -0.1) is 11.3 Å². The van der Waals surface area contributed by atoms with Gasteiger partial charge in [0.2, 0.25) is 10.0 Å². The van der Waals surface area contributed by atoms with E-state index in [0.29, 0.717) is 5.69 Å². The summed E-state index contributed by atoms with van der Waals surface area (Å²) >= 11 is 1.12. The predicted molar refractivity (Wildman–Crippen MR) is 93.5 cm³/mol. The van der Waals surface area contributed by atoms with Crippen molar-refractivity contribution in [1.82, 2.24) is 15.0 Å². The summed E-state index contributed by atoms with van der Waals surface area (Å²) in [4.78, 5) is 17.3. The van der Waals surface area contributed by atoms with E-state index in [2.05, 4.69) is 15.0 Å². The average Bonchev–Trinajstić information content (AvgIpc) is 3.09. The third-order valence-electron chi connectivity index (χ3n) is 3.42. The number of hydrogen-bond acceptors (Lipinski definition) is 5. The summed E-state index contributed by atoms with van der Waals surface area (Å²) in [6.45, 7) is 0.247. The fourth-order valence-electron chi connectivity index (χ4n) is 2.15. The number of nitrogens with zero attached hydrogens (tertiary/aromatic N) is 1. The van der Waals surface area contributed by atoms with E-state index in [-0.39, 0.29) is 16.7 Å². The molecular weight excluding hydrogens is 346 g/mol. The number of amides is 1. The number of carbonyl (C=O) groups excluding carboxylic acids is 1. The van der Waals surface area contributed by atoms with Crippen molar-refractivity contribution in [3.05, 3.63) is 59.1 Å². The molecular formula is C16H15N3O3S2. The van der Waals surface area contributed by atoms with Crippen molar-refractivity contribution in [1.29, 1.82) is 0 Å². The Labute approximate surface area is 143 Å². The van der Waals surface area contributed by atoms with Crippen molar-refractivity contribution < 1.29 is 13.2 Å². The van der Waals surface area contributed by atoms with Crippen LogP contribution in [0.2, 0.25) is 0 Å². The quantitative estimate of drug-likeness (QED) is 0.729. The molecule has 124 valence electrons. The molecule has 6 nitrogen and oxygen atoms in total. The molecule has 0 spiro atoms. The van der Waals surface area contributed by atoms with Crippen molar-refractivity contribution in [3.63, 3.8) is 0 Å². The molecule has 0 fully saturated rings. The average molecular weight is 361 g/mol. The molecule has 1 aromatic carbocycles. The van der Waals surface area contributed by atoms with Gasteiger partial charge in [-0.2, -0.15) is 0 Å². The molecule has 0 aliphatic heterocycles. The fourth-order valence-corrected chi connectivity index (χ4v) is 4.28. The number of fused-ring (bicyclic) bond motifs is 1. The minimum absolute atomic E-state index is 0.220. The molecule has 2 N–H and O–H groups in total. The van der Waals surface area contributed by atoms with Crippen molar-refractivity contribution in [3.8, 4) is 0 Å². The molecule has 2 aromatic heterocycles. The minimum atomic E-state index is -3.45. The molecule has 1 amide bonds. The van der Waals surface area contributed by atoms with E-state index in [1.54, 1.807) is 12.1 Å². The zero-order valence-corrected chi connectivity index (χ0v) is 14.4. The van der Waals surface area contributed by atoms with Crippen LogP contribution in [0.3, 0.4) is 0 Å². The summed E-state index contributed by atoms with van der Waals surface area (Å²) < 4.78 is 25.9. The first-order valence-electron chi connectivity index (χ1n) is 7.16. The van der Waals surface area contributed by atoms with Gasteiger partial charge in [0.25, 0.3) is 5.91 Å². The van der Waals surface area contributed by atoms with E-state index >= 15 is 0 Å². The lowest BCUT2D eigenvalue weighted by molar-refractivity contribution is 0.0946. The number of nitrogens with one attached hydrogen (secondary N) is 2. The Hall–Kier alpha value is -2.29.